The van der Waals surface area contributed by atoms with E-state index in [1.165, 1.54) is 0 Å². The Bertz CT molecular complexity index is 476. The molecule has 1 heterocycles. The lowest BCUT2D eigenvalue weighted by atomic mass is 9.64. The number of halogens is 1. The standard InChI is InChI=1S/C17H25BrO2/c1-15(2,3)17(11-8-12-19-16(17,4)5)20-14-10-7-6-9-13(14)18/h6-7,9-10H,8,11-12H2,1-5H3. The van der Waals surface area contributed by atoms with Crippen LogP contribution in [0.1, 0.15) is 47.5 Å². The Kier molecular flexibility index (Phi) is 4.23. The third-order valence-corrected chi connectivity index (χ3v) is 5.10. The molecule has 112 valence electrons. The van der Waals surface area contributed by atoms with E-state index in [0.29, 0.717) is 0 Å². The fourth-order valence-electron chi connectivity index (χ4n) is 3.39. The lowest BCUT2D eigenvalue weighted by molar-refractivity contribution is -0.225. The van der Waals surface area contributed by atoms with E-state index in [9.17, 15) is 0 Å². The van der Waals surface area contributed by atoms with Gasteiger partial charge in [0, 0.05) is 12.0 Å². The summed E-state index contributed by atoms with van der Waals surface area (Å²) in [5.74, 6) is 0.890. The molecule has 0 aliphatic carbocycles. The molecule has 20 heavy (non-hydrogen) atoms. The third kappa shape index (κ3) is 2.62. The van der Waals surface area contributed by atoms with Gasteiger partial charge in [-0.25, -0.2) is 0 Å². The Morgan fingerprint density at radius 2 is 1.85 bits per heavy atom. The van der Waals surface area contributed by atoms with Crippen molar-refractivity contribution in [2.75, 3.05) is 6.61 Å². The maximum absolute atomic E-state index is 6.58. The second kappa shape index (κ2) is 5.34. The molecule has 0 spiro atoms. The van der Waals surface area contributed by atoms with Gasteiger partial charge in [0.15, 0.2) is 0 Å². The van der Waals surface area contributed by atoms with Gasteiger partial charge >= 0.3 is 0 Å². The largest absolute Gasteiger partial charge is 0.483 e. The molecule has 1 fully saturated rings. The summed E-state index contributed by atoms with van der Waals surface area (Å²) in [6, 6.07) is 8.04. The van der Waals surface area contributed by atoms with Crippen LogP contribution in [0.5, 0.6) is 5.75 Å². The van der Waals surface area contributed by atoms with Gasteiger partial charge in [-0.2, -0.15) is 0 Å². The smallest absolute Gasteiger partial charge is 0.142 e. The van der Waals surface area contributed by atoms with Crippen LogP contribution >= 0.6 is 15.9 Å². The van der Waals surface area contributed by atoms with Crippen molar-refractivity contribution in [3.05, 3.63) is 28.7 Å². The van der Waals surface area contributed by atoms with Crippen LogP contribution < -0.4 is 4.74 Å². The fourth-order valence-corrected chi connectivity index (χ4v) is 3.75. The van der Waals surface area contributed by atoms with Crippen LogP contribution in [0.15, 0.2) is 28.7 Å². The van der Waals surface area contributed by atoms with Gasteiger partial charge < -0.3 is 9.47 Å². The van der Waals surface area contributed by atoms with Crippen LogP contribution in [-0.4, -0.2) is 17.8 Å². The second-order valence-corrected chi connectivity index (χ2v) is 7.93. The van der Waals surface area contributed by atoms with Gasteiger partial charge in [0.2, 0.25) is 0 Å². The van der Waals surface area contributed by atoms with E-state index in [4.69, 9.17) is 9.47 Å². The zero-order valence-corrected chi connectivity index (χ0v) is 14.7. The van der Waals surface area contributed by atoms with E-state index in [1.807, 2.05) is 24.3 Å². The first kappa shape index (κ1) is 15.8. The third-order valence-electron chi connectivity index (χ3n) is 4.44. The zero-order valence-electron chi connectivity index (χ0n) is 13.1. The molecule has 1 aliphatic rings. The monoisotopic (exact) mass is 340 g/mol. The molecule has 1 aromatic rings. The highest BCUT2D eigenvalue weighted by molar-refractivity contribution is 9.10. The van der Waals surface area contributed by atoms with Gasteiger partial charge in [-0.15, -0.1) is 0 Å². The molecule has 0 radical (unpaired) electrons. The highest BCUT2D eigenvalue weighted by Crippen LogP contribution is 2.50. The number of benzene rings is 1. The molecule has 1 atom stereocenters. The average molecular weight is 341 g/mol. The van der Waals surface area contributed by atoms with E-state index in [-0.39, 0.29) is 16.6 Å². The van der Waals surface area contributed by atoms with Crippen molar-refractivity contribution in [2.24, 2.45) is 5.41 Å². The van der Waals surface area contributed by atoms with E-state index in [1.54, 1.807) is 0 Å². The van der Waals surface area contributed by atoms with Crippen LogP contribution in [-0.2, 0) is 4.74 Å². The van der Waals surface area contributed by atoms with Crippen molar-refractivity contribution in [1.82, 2.24) is 0 Å². The molecular weight excluding hydrogens is 316 g/mol. The van der Waals surface area contributed by atoms with Crippen LogP contribution in [0.4, 0.5) is 0 Å². The summed E-state index contributed by atoms with van der Waals surface area (Å²) in [5.41, 5.74) is -0.687. The van der Waals surface area contributed by atoms with Crippen molar-refractivity contribution in [2.45, 2.75) is 58.7 Å². The lowest BCUT2D eigenvalue weighted by Crippen LogP contribution is -2.65. The van der Waals surface area contributed by atoms with Gasteiger partial charge in [0.25, 0.3) is 0 Å². The summed E-state index contributed by atoms with van der Waals surface area (Å²) < 4.78 is 13.7. The Balaban J connectivity index is 2.46. The van der Waals surface area contributed by atoms with E-state index < -0.39 is 0 Å². The summed E-state index contributed by atoms with van der Waals surface area (Å²) in [5, 5.41) is 0. The van der Waals surface area contributed by atoms with Gasteiger partial charge in [-0.3, -0.25) is 0 Å². The Labute approximate surface area is 131 Å². The van der Waals surface area contributed by atoms with E-state index in [0.717, 1.165) is 29.7 Å². The highest BCUT2D eigenvalue weighted by Gasteiger charge is 2.57. The Morgan fingerprint density at radius 1 is 1.20 bits per heavy atom. The summed E-state index contributed by atoms with van der Waals surface area (Å²) in [6.07, 6.45) is 2.04. The molecule has 0 aromatic heterocycles. The van der Waals surface area contributed by atoms with Crippen LogP contribution in [0.3, 0.4) is 0 Å². The molecule has 0 saturated carbocycles. The molecule has 2 nitrogen and oxygen atoms in total. The summed E-state index contributed by atoms with van der Waals surface area (Å²) in [4.78, 5) is 0. The number of ether oxygens (including phenoxy) is 2. The summed E-state index contributed by atoms with van der Waals surface area (Å²) >= 11 is 3.59. The molecule has 1 aliphatic heterocycles. The maximum Gasteiger partial charge on any atom is 0.142 e. The molecule has 0 N–H and O–H groups in total. The van der Waals surface area contributed by atoms with Crippen molar-refractivity contribution in [1.29, 1.82) is 0 Å². The van der Waals surface area contributed by atoms with Crippen LogP contribution in [0.25, 0.3) is 0 Å². The minimum absolute atomic E-state index is 0.0216. The second-order valence-electron chi connectivity index (χ2n) is 7.07. The number of hydrogen-bond acceptors (Lipinski definition) is 2. The predicted octanol–water partition coefficient (Wildman–Crippen LogP) is 5.20. The molecular formula is C17H25BrO2. The van der Waals surface area contributed by atoms with Crippen molar-refractivity contribution in [3.63, 3.8) is 0 Å². The molecule has 0 amide bonds. The Morgan fingerprint density at radius 3 is 2.40 bits per heavy atom. The zero-order chi connectivity index (χ0) is 15.0. The van der Waals surface area contributed by atoms with Crippen molar-refractivity contribution >= 4 is 15.9 Å². The minimum atomic E-state index is -0.345. The topological polar surface area (TPSA) is 18.5 Å². The normalized spacial score (nSPS) is 26.3. The Hall–Kier alpha value is -0.540. The van der Waals surface area contributed by atoms with Crippen molar-refractivity contribution in [3.8, 4) is 5.75 Å². The molecule has 3 heteroatoms. The highest BCUT2D eigenvalue weighted by atomic mass is 79.9. The molecule has 0 bridgehead atoms. The quantitative estimate of drug-likeness (QED) is 0.736. The molecule has 1 unspecified atom stereocenters. The van der Waals surface area contributed by atoms with Gasteiger partial charge in [-0.1, -0.05) is 32.9 Å². The summed E-state index contributed by atoms with van der Waals surface area (Å²) in [7, 11) is 0. The molecule has 1 saturated heterocycles. The number of para-hydroxylation sites is 1. The molecule has 2 rings (SSSR count). The SMILES string of the molecule is CC(C)(C)C1(Oc2ccccc2Br)CCCOC1(C)C. The first-order chi connectivity index (χ1) is 9.20. The van der Waals surface area contributed by atoms with Gasteiger partial charge in [-0.05, 0) is 54.8 Å². The maximum atomic E-state index is 6.58. The van der Waals surface area contributed by atoms with E-state index >= 15 is 0 Å². The number of rotatable bonds is 2. The first-order valence-electron chi connectivity index (χ1n) is 7.27. The average Bonchev–Trinajstić information content (AvgIpc) is 2.33. The van der Waals surface area contributed by atoms with Gasteiger partial charge in [0.1, 0.15) is 17.0 Å². The predicted molar refractivity (Wildman–Crippen MR) is 86.2 cm³/mol. The van der Waals surface area contributed by atoms with Crippen LogP contribution in [0.2, 0.25) is 0 Å². The summed E-state index contributed by atoms with van der Waals surface area (Å²) in [6.45, 7) is 11.8. The minimum Gasteiger partial charge on any atom is -0.483 e. The first-order valence-corrected chi connectivity index (χ1v) is 8.06. The lowest BCUT2D eigenvalue weighted by Gasteiger charge is -2.56. The van der Waals surface area contributed by atoms with Crippen LogP contribution in [0, 0.1) is 5.41 Å². The van der Waals surface area contributed by atoms with Crippen molar-refractivity contribution < 1.29 is 9.47 Å². The fraction of sp³-hybridized carbons (Fsp3) is 0.647. The molecule has 1 aromatic carbocycles. The van der Waals surface area contributed by atoms with Gasteiger partial charge in [0.05, 0.1) is 4.47 Å². The van der Waals surface area contributed by atoms with E-state index in [2.05, 4.69) is 50.5 Å². The number of hydrogen-bond donors (Lipinski definition) is 0.